The minimum Gasteiger partial charge on any atom is -0.496 e. The summed E-state index contributed by atoms with van der Waals surface area (Å²) in [7, 11) is 1.61. The summed E-state index contributed by atoms with van der Waals surface area (Å²) >= 11 is 0. The molecule has 0 saturated heterocycles. The molecule has 0 radical (unpaired) electrons. The third kappa shape index (κ3) is 5.19. The number of carbonyl (C=O) groups is 1. The summed E-state index contributed by atoms with van der Waals surface area (Å²) in [4.78, 5) is 13.8. The van der Waals surface area contributed by atoms with Gasteiger partial charge in [-0.3, -0.25) is 4.79 Å². The average Bonchev–Trinajstić information content (AvgIpc) is 2.47. The first-order valence-electron chi connectivity index (χ1n) is 6.94. The maximum atomic E-state index is 12.1. The van der Waals surface area contributed by atoms with Gasteiger partial charge in [0.15, 0.2) is 0 Å². The van der Waals surface area contributed by atoms with Crippen molar-refractivity contribution in [2.45, 2.75) is 19.9 Å². The highest BCUT2D eigenvalue weighted by atomic mass is 16.5. The number of carbonyl (C=O) groups excluding carboxylic acids is 1. The fourth-order valence-corrected chi connectivity index (χ4v) is 1.98. The molecule has 0 bridgehead atoms. The first-order valence-corrected chi connectivity index (χ1v) is 6.94. The van der Waals surface area contributed by atoms with Crippen molar-refractivity contribution >= 4 is 5.91 Å². The molecule has 1 amide bonds. The number of amides is 1. The number of para-hydroxylation sites is 1. The molecule has 1 aromatic carbocycles. The van der Waals surface area contributed by atoms with Crippen LogP contribution in [0.15, 0.2) is 24.3 Å². The van der Waals surface area contributed by atoms with Crippen LogP contribution in [0, 0.1) is 0 Å². The van der Waals surface area contributed by atoms with E-state index in [2.05, 4.69) is 5.32 Å². The molecule has 0 unspecified atom stereocenters. The molecular weight excluding hydrogens is 256 g/mol. The molecule has 0 saturated carbocycles. The maximum Gasteiger partial charge on any atom is 0.224 e. The Morgan fingerprint density at radius 3 is 2.80 bits per heavy atom. The fraction of sp³-hybridized carbons (Fsp3) is 0.533. The molecule has 0 aromatic heterocycles. The van der Waals surface area contributed by atoms with E-state index in [-0.39, 0.29) is 12.5 Å². The molecule has 0 spiro atoms. The van der Waals surface area contributed by atoms with Gasteiger partial charge in [-0.1, -0.05) is 25.1 Å². The Bertz CT molecular complexity index is 410. The van der Waals surface area contributed by atoms with E-state index in [0.29, 0.717) is 26.1 Å². The summed E-state index contributed by atoms with van der Waals surface area (Å²) in [6.07, 6.45) is 0.434. The molecule has 1 rings (SSSR count). The van der Waals surface area contributed by atoms with Crippen molar-refractivity contribution in [2.24, 2.45) is 0 Å². The SMILES string of the molecule is CCNCCC(=O)N(CCO)Cc1ccccc1OC. The Morgan fingerprint density at radius 2 is 2.15 bits per heavy atom. The standard InChI is InChI=1S/C15H24N2O3/c1-3-16-9-8-15(19)17(10-11-18)12-13-6-4-5-7-14(13)20-2/h4-7,16,18H,3,8-12H2,1-2H3. The van der Waals surface area contributed by atoms with Crippen LogP contribution >= 0.6 is 0 Å². The number of hydrogen-bond acceptors (Lipinski definition) is 4. The summed E-state index contributed by atoms with van der Waals surface area (Å²) in [5.74, 6) is 0.792. The minimum atomic E-state index is -0.0396. The molecule has 1 aromatic rings. The van der Waals surface area contributed by atoms with Gasteiger partial charge in [-0.2, -0.15) is 0 Å². The quantitative estimate of drug-likeness (QED) is 0.663. The molecule has 2 N–H and O–H groups in total. The van der Waals surface area contributed by atoms with E-state index in [9.17, 15) is 4.79 Å². The zero-order chi connectivity index (χ0) is 14.8. The molecule has 0 aliphatic heterocycles. The van der Waals surface area contributed by atoms with Gasteiger partial charge >= 0.3 is 0 Å². The number of nitrogens with zero attached hydrogens (tertiary/aromatic N) is 1. The molecule has 112 valence electrons. The monoisotopic (exact) mass is 280 g/mol. The van der Waals surface area contributed by atoms with E-state index in [1.54, 1.807) is 12.0 Å². The minimum absolute atomic E-state index is 0.0332. The fourth-order valence-electron chi connectivity index (χ4n) is 1.98. The third-order valence-electron chi connectivity index (χ3n) is 3.04. The Kier molecular flexibility index (Phi) is 7.69. The van der Waals surface area contributed by atoms with Gasteiger partial charge in [0.25, 0.3) is 0 Å². The number of rotatable bonds is 9. The number of aliphatic hydroxyl groups is 1. The van der Waals surface area contributed by atoms with Crippen LogP contribution in [-0.4, -0.2) is 49.3 Å². The molecule has 0 aliphatic carbocycles. The van der Waals surface area contributed by atoms with Crippen LogP contribution in [0.3, 0.4) is 0 Å². The van der Waals surface area contributed by atoms with Crippen LogP contribution in [0.25, 0.3) is 0 Å². The zero-order valence-corrected chi connectivity index (χ0v) is 12.3. The van der Waals surface area contributed by atoms with Crippen molar-refractivity contribution in [2.75, 3.05) is 33.4 Å². The predicted molar refractivity (Wildman–Crippen MR) is 78.7 cm³/mol. The molecular formula is C15H24N2O3. The van der Waals surface area contributed by atoms with Crippen LogP contribution in [-0.2, 0) is 11.3 Å². The van der Waals surface area contributed by atoms with Gasteiger partial charge in [0, 0.05) is 31.6 Å². The van der Waals surface area contributed by atoms with Gasteiger partial charge in [-0.05, 0) is 12.6 Å². The van der Waals surface area contributed by atoms with E-state index in [0.717, 1.165) is 17.9 Å². The van der Waals surface area contributed by atoms with E-state index in [1.165, 1.54) is 0 Å². The van der Waals surface area contributed by atoms with Gasteiger partial charge in [0.05, 0.1) is 13.7 Å². The lowest BCUT2D eigenvalue weighted by Crippen LogP contribution is -2.35. The molecule has 0 fully saturated rings. The second-order valence-electron chi connectivity index (χ2n) is 4.45. The molecule has 0 aliphatic rings. The zero-order valence-electron chi connectivity index (χ0n) is 12.3. The van der Waals surface area contributed by atoms with Crippen molar-refractivity contribution in [1.82, 2.24) is 10.2 Å². The van der Waals surface area contributed by atoms with Gasteiger partial charge < -0.3 is 20.1 Å². The van der Waals surface area contributed by atoms with Crippen LogP contribution in [0.4, 0.5) is 0 Å². The highest BCUT2D eigenvalue weighted by Gasteiger charge is 2.14. The molecule has 5 heteroatoms. The van der Waals surface area contributed by atoms with Crippen LogP contribution in [0.5, 0.6) is 5.75 Å². The lowest BCUT2D eigenvalue weighted by molar-refractivity contribution is -0.132. The van der Waals surface area contributed by atoms with Crippen molar-refractivity contribution in [3.63, 3.8) is 0 Å². The summed E-state index contributed by atoms with van der Waals surface area (Å²) in [6.45, 7) is 4.26. The molecule has 0 atom stereocenters. The summed E-state index contributed by atoms with van der Waals surface area (Å²) in [5.41, 5.74) is 0.945. The van der Waals surface area contributed by atoms with Gasteiger partial charge in [-0.15, -0.1) is 0 Å². The van der Waals surface area contributed by atoms with Gasteiger partial charge in [0.1, 0.15) is 5.75 Å². The van der Waals surface area contributed by atoms with Crippen molar-refractivity contribution in [3.05, 3.63) is 29.8 Å². The third-order valence-corrected chi connectivity index (χ3v) is 3.04. The lowest BCUT2D eigenvalue weighted by atomic mass is 10.2. The van der Waals surface area contributed by atoms with E-state index in [1.807, 2.05) is 31.2 Å². The van der Waals surface area contributed by atoms with Gasteiger partial charge in [0.2, 0.25) is 5.91 Å². The number of nitrogens with one attached hydrogen (secondary N) is 1. The van der Waals surface area contributed by atoms with Crippen molar-refractivity contribution in [1.29, 1.82) is 0 Å². The number of hydrogen-bond donors (Lipinski definition) is 2. The second kappa shape index (κ2) is 9.34. The summed E-state index contributed by atoms with van der Waals surface area (Å²) in [5, 5.41) is 12.2. The largest absolute Gasteiger partial charge is 0.496 e. The van der Waals surface area contributed by atoms with Crippen LogP contribution in [0.2, 0.25) is 0 Å². The second-order valence-corrected chi connectivity index (χ2v) is 4.45. The van der Waals surface area contributed by atoms with Crippen molar-refractivity contribution < 1.29 is 14.6 Å². The Hall–Kier alpha value is -1.59. The van der Waals surface area contributed by atoms with E-state index < -0.39 is 0 Å². The van der Waals surface area contributed by atoms with Crippen LogP contribution < -0.4 is 10.1 Å². The number of ether oxygens (including phenoxy) is 1. The summed E-state index contributed by atoms with van der Waals surface area (Å²) < 4.78 is 5.29. The van der Waals surface area contributed by atoms with E-state index in [4.69, 9.17) is 9.84 Å². The molecule has 20 heavy (non-hydrogen) atoms. The number of methoxy groups -OCH3 is 1. The number of aliphatic hydroxyl groups excluding tert-OH is 1. The Morgan fingerprint density at radius 1 is 1.40 bits per heavy atom. The highest BCUT2D eigenvalue weighted by molar-refractivity contribution is 5.76. The number of benzene rings is 1. The Labute approximate surface area is 120 Å². The Balaban J connectivity index is 2.68. The topological polar surface area (TPSA) is 61.8 Å². The average molecular weight is 280 g/mol. The normalized spacial score (nSPS) is 10.3. The lowest BCUT2D eigenvalue weighted by Gasteiger charge is -2.23. The smallest absolute Gasteiger partial charge is 0.224 e. The van der Waals surface area contributed by atoms with E-state index >= 15 is 0 Å². The molecule has 5 nitrogen and oxygen atoms in total. The predicted octanol–water partition coefficient (Wildman–Crippen LogP) is 1.02. The van der Waals surface area contributed by atoms with Crippen LogP contribution in [0.1, 0.15) is 18.9 Å². The first-order chi connectivity index (χ1) is 9.72. The molecule has 0 heterocycles. The highest BCUT2D eigenvalue weighted by Crippen LogP contribution is 2.19. The first kappa shape index (κ1) is 16.5. The van der Waals surface area contributed by atoms with Crippen molar-refractivity contribution in [3.8, 4) is 5.75 Å². The maximum absolute atomic E-state index is 12.1. The summed E-state index contributed by atoms with van der Waals surface area (Å²) in [6, 6.07) is 7.61. The van der Waals surface area contributed by atoms with Gasteiger partial charge in [-0.25, -0.2) is 0 Å².